The van der Waals surface area contributed by atoms with Crippen LogP contribution in [0.2, 0.25) is 0 Å². The third-order valence-corrected chi connectivity index (χ3v) is 6.87. The van der Waals surface area contributed by atoms with Crippen molar-refractivity contribution in [1.82, 2.24) is 19.8 Å². The van der Waals surface area contributed by atoms with Crippen molar-refractivity contribution in [3.8, 4) is 0 Å². The predicted molar refractivity (Wildman–Crippen MR) is 146 cm³/mol. The van der Waals surface area contributed by atoms with E-state index < -0.39 is 0 Å². The molecule has 1 aliphatic heterocycles. The molecule has 0 radical (unpaired) electrons. The number of benzene rings is 1. The molecule has 0 fully saturated rings. The number of rotatable bonds is 6. The van der Waals surface area contributed by atoms with E-state index in [1.54, 1.807) is 25.5 Å². The second-order valence-corrected chi connectivity index (χ2v) is 9.67. The number of aromatic nitrogens is 2. The number of carbonyl (C=O) groups is 2. The van der Waals surface area contributed by atoms with Crippen LogP contribution in [0, 0.1) is 0 Å². The van der Waals surface area contributed by atoms with E-state index in [4.69, 9.17) is 0 Å². The van der Waals surface area contributed by atoms with Gasteiger partial charge in [-0.05, 0) is 66.6 Å². The van der Waals surface area contributed by atoms with Gasteiger partial charge in [-0.3, -0.25) is 24.5 Å². The maximum atomic E-state index is 13.4. The Kier molecular flexibility index (Phi) is 9.77. The smallest absolute Gasteiger partial charge is 0.223 e. The summed E-state index contributed by atoms with van der Waals surface area (Å²) in [5.41, 5.74) is 4.30. The van der Waals surface area contributed by atoms with Crippen molar-refractivity contribution in [3.63, 3.8) is 0 Å². The zero-order valence-corrected chi connectivity index (χ0v) is 21.8. The van der Waals surface area contributed by atoms with E-state index in [1.807, 2.05) is 58.5 Å². The van der Waals surface area contributed by atoms with Crippen molar-refractivity contribution < 1.29 is 9.59 Å². The summed E-state index contributed by atoms with van der Waals surface area (Å²) in [5, 5.41) is 0. The van der Waals surface area contributed by atoms with Crippen LogP contribution in [0.4, 0.5) is 5.69 Å². The molecule has 194 valence electrons. The number of pyridine rings is 2. The lowest BCUT2D eigenvalue weighted by Gasteiger charge is -2.31. The van der Waals surface area contributed by atoms with Crippen LogP contribution in [0.25, 0.3) is 0 Å². The van der Waals surface area contributed by atoms with Gasteiger partial charge >= 0.3 is 0 Å². The van der Waals surface area contributed by atoms with E-state index in [2.05, 4.69) is 20.9 Å². The molecular weight excluding hydrogens is 462 g/mol. The monoisotopic (exact) mass is 499 g/mol. The average Bonchev–Trinajstić information content (AvgIpc) is 2.91. The van der Waals surface area contributed by atoms with E-state index in [-0.39, 0.29) is 11.8 Å². The number of fused-ring (bicyclic) bond motifs is 1. The molecular formula is C30H37N5O2. The van der Waals surface area contributed by atoms with Crippen LogP contribution < -0.4 is 4.90 Å². The van der Waals surface area contributed by atoms with Crippen molar-refractivity contribution >= 4 is 17.5 Å². The summed E-state index contributed by atoms with van der Waals surface area (Å²) >= 11 is 0. The third-order valence-electron chi connectivity index (χ3n) is 6.87. The van der Waals surface area contributed by atoms with Gasteiger partial charge in [0.25, 0.3) is 0 Å². The lowest BCUT2D eigenvalue weighted by molar-refractivity contribution is -0.132. The lowest BCUT2D eigenvalue weighted by Crippen LogP contribution is -2.38. The number of amides is 2. The molecule has 1 aromatic carbocycles. The fraction of sp³-hybridized carbons (Fsp3) is 0.400. The zero-order valence-electron chi connectivity index (χ0n) is 21.8. The molecule has 7 nitrogen and oxygen atoms in total. The summed E-state index contributed by atoms with van der Waals surface area (Å²) in [6, 6.07) is 16.1. The van der Waals surface area contributed by atoms with Crippen molar-refractivity contribution in [2.24, 2.45) is 0 Å². The lowest BCUT2D eigenvalue weighted by atomic mass is 10.1. The molecule has 2 amide bonds. The van der Waals surface area contributed by atoms with Crippen molar-refractivity contribution in [2.75, 3.05) is 31.1 Å². The van der Waals surface area contributed by atoms with Crippen molar-refractivity contribution in [3.05, 3.63) is 90.0 Å². The quantitative estimate of drug-likeness (QED) is 0.500. The van der Waals surface area contributed by atoms with Gasteiger partial charge in [0.2, 0.25) is 11.8 Å². The number of hydrogen-bond donors (Lipinski definition) is 0. The Balaban J connectivity index is 1.50. The van der Waals surface area contributed by atoms with Crippen LogP contribution >= 0.6 is 0 Å². The molecule has 0 spiro atoms. The first-order valence-corrected chi connectivity index (χ1v) is 13.2. The van der Waals surface area contributed by atoms with Gasteiger partial charge in [0.05, 0.1) is 0 Å². The maximum absolute atomic E-state index is 13.4. The molecule has 4 rings (SSSR count). The molecule has 0 unspecified atom stereocenters. The van der Waals surface area contributed by atoms with Gasteiger partial charge in [-0.1, -0.05) is 24.3 Å². The fourth-order valence-corrected chi connectivity index (χ4v) is 4.96. The fourth-order valence-electron chi connectivity index (χ4n) is 4.96. The van der Waals surface area contributed by atoms with Gasteiger partial charge in [0.15, 0.2) is 0 Å². The predicted octanol–water partition coefficient (Wildman–Crippen LogP) is 4.48. The van der Waals surface area contributed by atoms with Crippen LogP contribution in [-0.4, -0.2) is 57.8 Å². The molecule has 2 aromatic heterocycles. The van der Waals surface area contributed by atoms with Crippen LogP contribution in [0.3, 0.4) is 0 Å². The van der Waals surface area contributed by atoms with Crippen molar-refractivity contribution in [1.29, 1.82) is 0 Å². The van der Waals surface area contributed by atoms with Gasteiger partial charge < -0.3 is 9.80 Å². The molecule has 37 heavy (non-hydrogen) atoms. The SMILES string of the molecule is CC(=O)N1CCCN(Cc2cccnc2)CCCN(C(=O)CCCc2ccncc2)Cc2ccccc21. The summed E-state index contributed by atoms with van der Waals surface area (Å²) < 4.78 is 0. The maximum Gasteiger partial charge on any atom is 0.223 e. The number of nitrogens with zero attached hydrogens (tertiary/aromatic N) is 5. The number of para-hydroxylation sites is 1. The molecule has 3 heterocycles. The number of carbonyl (C=O) groups excluding carboxylic acids is 2. The van der Waals surface area contributed by atoms with E-state index in [0.29, 0.717) is 26.1 Å². The molecule has 0 saturated heterocycles. The van der Waals surface area contributed by atoms with Crippen LogP contribution in [0.15, 0.2) is 73.3 Å². The van der Waals surface area contributed by atoms with Gasteiger partial charge in [0.1, 0.15) is 0 Å². The topological polar surface area (TPSA) is 69.6 Å². The summed E-state index contributed by atoms with van der Waals surface area (Å²) in [6.07, 6.45) is 11.2. The second kappa shape index (κ2) is 13.7. The van der Waals surface area contributed by atoms with Crippen LogP contribution in [-0.2, 0) is 29.1 Å². The Morgan fingerprint density at radius 3 is 2.38 bits per heavy atom. The molecule has 0 saturated carbocycles. The largest absolute Gasteiger partial charge is 0.338 e. The third kappa shape index (κ3) is 7.95. The number of hydrogen-bond acceptors (Lipinski definition) is 5. The average molecular weight is 500 g/mol. The molecule has 0 aliphatic carbocycles. The van der Waals surface area contributed by atoms with Crippen LogP contribution in [0.1, 0.15) is 49.3 Å². The highest BCUT2D eigenvalue weighted by molar-refractivity contribution is 5.92. The molecule has 0 bridgehead atoms. The first-order chi connectivity index (χ1) is 18.1. The summed E-state index contributed by atoms with van der Waals surface area (Å²) in [7, 11) is 0. The van der Waals surface area contributed by atoms with E-state index in [9.17, 15) is 9.59 Å². The second-order valence-electron chi connectivity index (χ2n) is 9.67. The molecule has 0 atom stereocenters. The first-order valence-electron chi connectivity index (χ1n) is 13.2. The Bertz CT molecular complexity index is 1140. The number of aryl methyl sites for hydroxylation is 1. The van der Waals surface area contributed by atoms with E-state index in [0.717, 1.165) is 56.6 Å². The summed E-state index contributed by atoms with van der Waals surface area (Å²) in [5.74, 6) is 0.188. The molecule has 0 N–H and O–H groups in total. The van der Waals surface area contributed by atoms with Gasteiger partial charge in [-0.2, -0.15) is 0 Å². The van der Waals surface area contributed by atoms with Crippen molar-refractivity contribution in [2.45, 2.75) is 52.1 Å². The van der Waals surface area contributed by atoms with Gasteiger partial charge in [-0.25, -0.2) is 0 Å². The molecule has 1 aliphatic rings. The highest BCUT2D eigenvalue weighted by atomic mass is 16.2. The minimum Gasteiger partial charge on any atom is -0.338 e. The normalized spacial score (nSPS) is 15.4. The Labute approximate surface area is 220 Å². The highest BCUT2D eigenvalue weighted by Crippen LogP contribution is 2.24. The number of anilines is 1. The van der Waals surface area contributed by atoms with E-state index >= 15 is 0 Å². The Hall–Kier alpha value is -3.58. The highest BCUT2D eigenvalue weighted by Gasteiger charge is 2.21. The Morgan fingerprint density at radius 1 is 0.838 bits per heavy atom. The standard InChI is InChI=1S/C30H37N5O2/c1-25(36)35-21-7-19-33(23-27-9-5-15-32-22-27)18-6-20-34(24-28-10-2-3-11-29(28)35)30(37)12-4-8-26-13-16-31-17-14-26/h2-3,5,9-11,13-17,22H,4,6-8,12,18-21,23-24H2,1H3. The van der Waals surface area contributed by atoms with Gasteiger partial charge in [0, 0.05) is 83.1 Å². The van der Waals surface area contributed by atoms with Crippen LogP contribution in [0.5, 0.6) is 0 Å². The summed E-state index contributed by atoms with van der Waals surface area (Å²) in [4.78, 5) is 40.7. The zero-order chi connectivity index (χ0) is 25.9. The minimum atomic E-state index is 0.0264. The van der Waals surface area contributed by atoms with E-state index in [1.165, 1.54) is 11.1 Å². The minimum absolute atomic E-state index is 0.0264. The summed E-state index contributed by atoms with van der Waals surface area (Å²) in [6.45, 7) is 6.04. The molecule has 3 aromatic rings. The van der Waals surface area contributed by atoms with Gasteiger partial charge in [-0.15, -0.1) is 0 Å². The Morgan fingerprint density at radius 2 is 1.62 bits per heavy atom. The molecule has 7 heteroatoms. The first kappa shape index (κ1) is 26.5.